The standard InChI is InChI=1S/C30H32N4OS/c1-20(2)27-31-28(26-24-10-6-7-11-25(24)36-29(26)32-27)33-16-18-34(19-17-33)30(35)23-14-12-22(13-15-23)21-8-4-3-5-9-21/h3-5,8-9,12-15,20H,6-7,10-11,16-19H2,1-2H3. The SMILES string of the molecule is CC(C)c1nc(N2CCN(C(=O)c3ccc(-c4ccccc4)cc3)CC2)c2c3c(sc2n1)CCCC3. The number of anilines is 1. The number of amides is 1. The molecule has 0 unspecified atom stereocenters. The van der Waals surface area contributed by atoms with E-state index in [0.29, 0.717) is 13.1 Å². The Balaban J connectivity index is 1.21. The lowest BCUT2D eigenvalue weighted by atomic mass is 9.96. The zero-order chi connectivity index (χ0) is 24.6. The lowest BCUT2D eigenvalue weighted by Gasteiger charge is -2.36. The molecule has 0 radical (unpaired) electrons. The van der Waals surface area contributed by atoms with Crippen LogP contribution in [0.15, 0.2) is 54.6 Å². The van der Waals surface area contributed by atoms with Crippen LogP contribution in [-0.2, 0) is 12.8 Å². The van der Waals surface area contributed by atoms with E-state index in [-0.39, 0.29) is 11.8 Å². The predicted molar refractivity (Wildman–Crippen MR) is 148 cm³/mol. The van der Waals surface area contributed by atoms with E-state index in [1.54, 1.807) is 0 Å². The van der Waals surface area contributed by atoms with Gasteiger partial charge in [-0.3, -0.25) is 4.79 Å². The molecule has 2 aromatic carbocycles. The summed E-state index contributed by atoms with van der Waals surface area (Å²) in [6.07, 6.45) is 4.81. The van der Waals surface area contributed by atoms with Gasteiger partial charge in [0.2, 0.25) is 0 Å². The van der Waals surface area contributed by atoms with E-state index >= 15 is 0 Å². The van der Waals surface area contributed by atoms with Crippen LogP contribution < -0.4 is 4.90 Å². The van der Waals surface area contributed by atoms with Crippen molar-refractivity contribution in [2.75, 3.05) is 31.1 Å². The molecule has 0 N–H and O–H groups in total. The van der Waals surface area contributed by atoms with Crippen LogP contribution in [-0.4, -0.2) is 47.0 Å². The van der Waals surface area contributed by atoms with Crippen molar-refractivity contribution in [3.8, 4) is 11.1 Å². The van der Waals surface area contributed by atoms with Crippen LogP contribution in [0, 0.1) is 0 Å². The molecule has 184 valence electrons. The van der Waals surface area contributed by atoms with E-state index in [2.05, 4.69) is 30.9 Å². The quantitative estimate of drug-likeness (QED) is 0.332. The first-order chi connectivity index (χ1) is 17.6. The van der Waals surface area contributed by atoms with Crippen molar-refractivity contribution in [3.63, 3.8) is 0 Å². The molecule has 1 aliphatic carbocycles. The number of aromatic nitrogens is 2. The lowest BCUT2D eigenvalue weighted by molar-refractivity contribution is 0.0746. The normalized spacial score (nSPS) is 16.0. The van der Waals surface area contributed by atoms with Gasteiger partial charge >= 0.3 is 0 Å². The summed E-state index contributed by atoms with van der Waals surface area (Å²) >= 11 is 1.87. The largest absolute Gasteiger partial charge is 0.352 e. The zero-order valence-electron chi connectivity index (χ0n) is 21.0. The second kappa shape index (κ2) is 9.66. The molecule has 6 heteroatoms. The van der Waals surface area contributed by atoms with Gasteiger partial charge in [-0.15, -0.1) is 11.3 Å². The van der Waals surface area contributed by atoms with Crippen molar-refractivity contribution < 1.29 is 4.79 Å². The Morgan fingerprint density at radius 3 is 2.28 bits per heavy atom. The average Bonchev–Trinajstić information content (AvgIpc) is 3.31. The highest BCUT2D eigenvalue weighted by Gasteiger charge is 2.28. The third-order valence-electron chi connectivity index (χ3n) is 7.43. The minimum Gasteiger partial charge on any atom is -0.352 e. The summed E-state index contributed by atoms with van der Waals surface area (Å²) in [6.45, 7) is 7.32. The smallest absolute Gasteiger partial charge is 0.253 e. The topological polar surface area (TPSA) is 49.3 Å². The monoisotopic (exact) mass is 496 g/mol. The number of rotatable bonds is 4. The van der Waals surface area contributed by atoms with Crippen LogP contribution in [0.3, 0.4) is 0 Å². The third-order valence-corrected chi connectivity index (χ3v) is 8.62. The molecule has 2 aliphatic rings. The molecule has 1 amide bonds. The van der Waals surface area contributed by atoms with Crippen molar-refractivity contribution in [2.45, 2.75) is 45.4 Å². The number of carbonyl (C=O) groups is 1. The minimum atomic E-state index is 0.109. The first-order valence-electron chi connectivity index (χ1n) is 13.1. The Morgan fingerprint density at radius 1 is 0.861 bits per heavy atom. The van der Waals surface area contributed by atoms with Gasteiger partial charge < -0.3 is 9.80 Å². The highest BCUT2D eigenvalue weighted by atomic mass is 32.1. The van der Waals surface area contributed by atoms with Crippen molar-refractivity contribution in [3.05, 3.63) is 76.4 Å². The van der Waals surface area contributed by atoms with Gasteiger partial charge in [-0.1, -0.05) is 56.3 Å². The maximum Gasteiger partial charge on any atom is 0.253 e. The van der Waals surface area contributed by atoms with Gasteiger partial charge in [0.05, 0.1) is 5.39 Å². The lowest BCUT2D eigenvalue weighted by Crippen LogP contribution is -2.49. The van der Waals surface area contributed by atoms with Gasteiger partial charge in [-0.05, 0) is 54.5 Å². The number of fused-ring (bicyclic) bond motifs is 3. The van der Waals surface area contributed by atoms with E-state index < -0.39 is 0 Å². The first-order valence-corrected chi connectivity index (χ1v) is 13.9. The Labute approximate surface area is 216 Å². The number of thiophene rings is 1. The van der Waals surface area contributed by atoms with Crippen molar-refractivity contribution >= 4 is 33.3 Å². The maximum absolute atomic E-state index is 13.3. The molecule has 1 aliphatic heterocycles. The molecule has 3 heterocycles. The van der Waals surface area contributed by atoms with Gasteiger partial charge in [0.15, 0.2) is 0 Å². The molecule has 1 fully saturated rings. The van der Waals surface area contributed by atoms with Crippen molar-refractivity contribution in [1.82, 2.24) is 14.9 Å². The summed E-state index contributed by atoms with van der Waals surface area (Å²) in [6, 6.07) is 18.3. The average molecular weight is 497 g/mol. The summed E-state index contributed by atoms with van der Waals surface area (Å²) in [5, 5.41) is 1.27. The summed E-state index contributed by atoms with van der Waals surface area (Å²) < 4.78 is 0. The fourth-order valence-electron chi connectivity index (χ4n) is 5.38. The van der Waals surface area contributed by atoms with Crippen molar-refractivity contribution in [1.29, 1.82) is 0 Å². The Morgan fingerprint density at radius 2 is 1.56 bits per heavy atom. The van der Waals surface area contributed by atoms with E-state index in [4.69, 9.17) is 9.97 Å². The zero-order valence-corrected chi connectivity index (χ0v) is 21.9. The summed E-state index contributed by atoms with van der Waals surface area (Å²) in [4.78, 5) is 30.4. The maximum atomic E-state index is 13.3. The van der Waals surface area contributed by atoms with Gasteiger partial charge in [0.1, 0.15) is 16.5 Å². The number of aryl methyl sites for hydroxylation is 2. The molecular weight excluding hydrogens is 464 g/mol. The van der Waals surface area contributed by atoms with Crippen LogP contribution in [0.5, 0.6) is 0 Å². The number of hydrogen-bond donors (Lipinski definition) is 0. The van der Waals surface area contributed by atoms with E-state index in [0.717, 1.165) is 59.1 Å². The molecular formula is C30H32N4OS. The highest BCUT2D eigenvalue weighted by molar-refractivity contribution is 7.19. The van der Waals surface area contributed by atoms with Gasteiger partial charge in [0.25, 0.3) is 5.91 Å². The van der Waals surface area contributed by atoms with E-state index in [1.165, 1.54) is 28.7 Å². The molecule has 1 saturated heterocycles. The predicted octanol–water partition coefficient (Wildman–Crippen LogP) is 6.32. The van der Waals surface area contributed by atoms with Crippen LogP contribution in [0.1, 0.15) is 59.2 Å². The summed E-state index contributed by atoms with van der Waals surface area (Å²) in [5.41, 5.74) is 4.52. The van der Waals surface area contributed by atoms with Crippen molar-refractivity contribution in [2.24, 2.45) is 0 Å². The van der Waals surface area contributed by atoms with Gasteiger partial charge in [0, 0.05) is 42.5 Å². The summed E-state index contributed by atoms with van der Waals surface area (Å²) in [7, 11) is 0. The Hall–Kier alpha value is -3.25. The van der Waals surface area contributed by atoms with E-state index in [1.807, 2.05) is 58.7 Å². The number of hydrogen-bond acceptors (Lipinski definition) is 5. The Kier molecular flexibility index (Phi) is 6.22. The molecule has 0 saturated carbocycles. The second-order valence-electron chi connectivity index (χ2n) is 10.2. The molecule has 0 bridgehead atoms. The fraction of sp³-hybridized carbons (Fsp3) is 0.367. The van der Waals surface area contributed by atoms with Crippen LogP contribution in [0.25, 0.3) is 21.3 Å². The number of piperazine rings is 1. The third kappa shape index (κ3) is 4.28. The molecule has 6 rings (SSSR count). The molecule has 5 nitrogen and oxygen atoms in total. The number of benzene rings is 2. The number of carbonyl (C=O) groups excluding carboxylic acids is 1. The van der Waals surface area contributed by atoms with Gasteiger partial charge in [-0.25, -0.2) is 9.97 Å². The summed E-state index contributed by atoms with van der Waals surface area (Å²) in [5.74, 6) is 2.41. The first kappa shape index (κ1) is 23.2. The molecule has 0 spiro atoms. The van der Waals surface area contributed by atoms with Crippen LogP contribution in [0.2, 0.25) is 0 Å². The Bertz CT molecular complexity index is 1390. The van der Waals surface area contributed by atoms with Crippen LogP contribution in [0.4, 0.5) is 5.82 Å². The fourth-order valence-corrected chi connectivity index (χ4v) is 6.64. The van der Waals surface area contributed by atoms with Gasteiger partial charge in [-0.2, -0.15) is 0 Å². The highest BCUT2D eigenvalue weighted by Crippen LogP contribution is 2.40. The molecule has 4 aromatic rings. The molecule has 2 aromatic heterocycles. The van der Waals surface area contributed by atoms with Crippen LogP contribution >= 0.6 is 11.3 Å². The molecule has 36 heavy (non-hydrogen) atoms. The second-order valence-corrected chi connectivity index (χ2v) is 11.3. The minimum absolute atomic E-state index is 0.109. The number of nitrogens with zero attached hydrogens (tertiary/aromatic N) is 4. The van der Waals surface area contributed by atoms with E-state index in [9.17, 15) is 4.79 Å². The molecule has 0 atom stereocenters.